The number of carbonyl (C=O) groups excluding carboxylic acids is 2. The molecule has 0 aliphatic rings. The van der Waals surface area contributed by atoms with Crippen molar-refractivity contribution in [1.82, 2.24) is 9.97 Å². The maximum absolute atomic E-state index is 13.3. The van der Waals surface area contributed by atoms with Crippen LogP contribution in [0.4, 0.5) is 0 Å². The highest BCUT2D eigenvalue weighted by molar-refractivity contribution is 9.10. The Morgan fingerprint density at radius 1 is 0.857 bits per heavy atom. The van der Waals surface area contributed by atoms with Crippen molar-refractivity contribution in [3.63, 3.8) is 0 Å². The maximum Gasteiger partial charge on any atom is 0.173 e. The number of hydrogen-bond acceptors (Lipinski definition) is 3. The minimum atomic E-state index is -0.679. The number of benzene rings is 3. The summed E-state index contributed by atoms with van der Waals surface area (Å²) in [5, 5.41) is 0. The standard InChI is InChI=1S/C23H17BrN2O2/c24-17-12-10-16(11-13-17)22(28)18(14-21(27)15-6-2-1-3-7-15)23-25-19-8-4-5-9-20(19)26-23/h1-13,18H,14H2,(H,25,26). The second-order valence-corrected chi connectivity index (χ2v) is 7.47. The molecule has 1 aromatic heterocycles. The molecule has 0 aliphatic carbocycles. The molecule has 1 heterocycles. The quantitative estimate of drug-likeness (QED) is 0.405. The lowest BCUT2D eigenvalue weighted by Crippen LogP contribution is -2.18. The second kappa shape index (κ2) is 7.90. The summed E-state index contributed by atoms with van der Waals surface area (Å²) in [5.74, 6) is -0.382. The third-order valence-corrected chi connectivity index (χ3v) is 5.20. The van der Waals surface area contributed by atoms with E-state index >= 15 is 0 Å². The van der Waals surface area contributed by atoms with Gasteiger partial charge in [0, 0.05) is 22.0 Å². The van der Waals surface area contributed by atoms with Crippen LogP contribution in [0.15, 0.2) is 83.3 Å². The molecule has 0 saturated heterocycles. The Morgan fingerprint density at radius 2 is 1.54 bits per heavy atom. The molecule has 4 nitrogen and oxygen atoms in total. The summed E-state index contributed by atoms with van der Waals surface area (Å²) in [5.41, 5.74) is 2.76. The van der Waals surface area contributed by atoms with Gasteiger partial charge in [-0.25, -0.2) is 4.98 Å². The van der Waals surface area contributed by atoms with E-state index in [0.29, 0.717) is 17.0 Å². The van der Waals surface area contributed by atoms with Crippen LogP contribution in [0.25, 0.3) is 11.0 Å². The number of ketones is 2. The van der Waals surface area contributed by atoms with E-state index in [-0.39, 0.29) is 18.0 Å². The summed E-state index contributed by atoms with van der Waals surface area (Å²) in [6.07, 6.45) is 0.0543. The topological polar surface area (TPSA) is 62.8 Å². The molecule has 0 amide bonds. The van der Waals surface area contributed by atoms with Crippen LogP contribution in [0.1, 0.15) is 38.9 Å². The molecule has 28 heavy (non-hydrogen) atoms. The number of rotatable bonds is 6. The van der Waals surface area contributed by atoms with E-state index in [2.05, 4.69) is 25.9 Å². The molecular formula is C23H17BrN2O2. The molecular weight excluding hydrogens is 416 g/mol. The van der Waals surface area contributed by atoms with Crippen LogP contribution < -0.4 is 0 Å². The Labute approximate surface area is 170 Å². The molecule has 1 N–H and O–H groups in total. The lowest BCUT2D eigenvalue weighted by molar-refractivity contribution is 0.0890. The molecule has 4 aromatic rings. The number of nitrogens with one attached hydrogen (secondary N) is 1. The van der Waals surface area contributed by atoms with Gasteiger partial charge in [0.25, 0.3) is 0 Å². The number of nitrogens with zero attached hydrogens (tertiary/aromatic N) is 1. The summed E-state index contributed by atoms with van der Waals surface area (Å²) < 4.78 is 0.893. The zero-order chi connectivity index (χ0) is 19.5. The fraction of sp³-hybridized carbons (Fsp3) is 0.0870. The fourth-order valence-corrected chi connectivity index (χ4v) is 3.46. The molecule has 0 spiro atoms. The molecule has 0 fully saturated rings. The molecule has 0 saturated carbocycles. The summed E-state index contributed by atoms with van der Waals surface area (Å²) in [6, 6.07) is 23.8. The Bertz CT molecular complexity index is 1100. The van der Waals surface area contributed by atoms with Crippen molar-refractivity contribution >= 4 is 38.5 Å². The van der Waals surface area contributed by atoms with Crippen molar-refractivity contribution in [2.75, 3.05) is 0 Å². The fourth-order valence-electron chi connectivity index (χ4n) is 3.19. The number of aromatic nitrogens is 2. The number of H-pyrrole nitrogens is 1. The first kappa shape index (κ1) is 18.3. The van der Waals surface area contributed by atoms with E-state index in [1.54, 1.807) is 24.3 Å². The molecule has 1 unspecified atom stereocenters. The average molecular weight is 433 g/mol. The molecule has 138 valence electrons. The van der Waals surface area contributed by atoms with Gasteiger partial charge in [0.2, 0.25) is 0 Å². The van der Waals surface area contributed by atoms with Crippen LogP contribution in [0.3, 0.4) is 0 Å². The van der Waals surface area contributed by atoms with Gasteiger partial charge in [-0.2, -0.15) is 0 Å². The third-order valence-electron chi connectivity index (χ3n) is 4.67. The van der Waals surface area contributed by atoms with Gasteiger partial charge in [0.15, 0.2) is 11.6 Å². The van der Waals surface area contributed by atoms with Crippen LogP contribution in [0.5, 0.6) is 0 Å². The number of Topliss-reactive ketones (excluding diaryl/α,β-unsaturated/α-hetero) is 2. The first-order chi connectivity index (χ1) is 13.6. The second-order valence-electron chi connectivity index (χ2n) is 6.56. The van der Waals surface area contributed by atoms with Crippen LogP contribution in [0.2, 0.25) is 0 Å². The number of para-hydroxylation sites is 2. The van der Waals surface area contributed by atoms with E-state index in [0.717, 1.165) is 15.5 Å². The van der Waals surface area contributed by atoms with Gasteiger partial charge < -0.3 is 4.98 Å². The van der Waals surface area contributed by atoms with Crippen LogP contribution in [0, 0.1) is 0 Å². The Morgan fingerprint density at radius 3 is 2.25 bits per heavy atom. The molecule has 0 aliphatic heterocycles. The van der Waals surface area contributed by atoms with Crippen LogP contribution >= 0.6 is 15.9 Å². The van der Waals surface area contributed by atoms with Crippen LogP contribution in [-0.4, -0.2) is 21.5 Å². The summed E-state index contributed by atoms with van der Waals surface area (Å²) in [7, 11) is 0. The van der Waals surface area contributed by atoms with Crippen molar-refractivity contribution in [2.45, 2.75) is 12.3 Å². The van der Waals surface area contributed by atoms with Gasteiger partial charge in [0.05, 0.1) is 17.0 Å². The van der Waals surface area contributed by atoms with E-state index in [4.69, 9.17) is 0 Å². The molecule has 5 heteroatoms. The molecule has 3 aromatic carbocycles. The van der Waals surface area contributed by atoms with E-state index < -0.39 is 5.92 Å². The highest BCUT2D eigenvalue weighted by Gasteiger charge is 2.28. The summed E-state index contributed by atoms with van der Waals surface area (Å²) >= 11 is 3.39. The zero-order valence-electron chi connectivity index (χ0n) is 14.9. The van der Waals surface area contributed by atoms with E-state index in [9.17, 15) is 9.59 Å². The largest absolute Gasteiger partial charge is 0.341 e. The van der Waals surface area contributed by atoms with E-state index in [1.807, 2.05) is 54.6 Å². The maximum atomic E-state index is 13.3. The van der Waals surface area contributed by atoms with Crippen LogP contribution in [-0.2, 0) is 0 Å². The minimum absolute atomic E-state index is 0.0543. The van der Waals surface area contributed by atoms with Crippen molar-refractivity contribution in [2.24, 2.45) is 0 Å². The first-order valence-electron chi connectivity index (χ1n) is 8.94. The SMILES string of the molecule is O=C(CC(C(=O)c1ccc(Br)cc1)c1nc2ccccc2[nH]1)c1ccccc1. The van der Waals surface area contributed by atoms with Gasteiger partial charge in [0.1, 0.15) is 5.82 Å². The third kappa shape index (κ3) is 3.80. The van der Waals surface area contributed by atoms with Crippen molar-refractivity contribution < 1.29 is 9.59 Å². The van der Waals surface area contributed by atoms with Gasteiger partial charge in [-0.05, 0) is 24.3 Å². The zero-order valence-corrected chi connectivity index (χ0v) is 16.5. The predicted octanol–water partition coefficient (Wildman–Crippen LogP) is 5.56. The molecule has 4 rings (SSSR count). The smallest absolute Gasteiger partial charge is 0.173 e. The molecule has 0 radical (unpaired) electrons. The lowest BCUT2D eigenvalue weighted by Gasteiger charge is -2.13. The van der Waals surface area contributed by atoms with Crippen molar-refractivity contribution in [3.8, 4) is 0 Å². The summed E-state index contributed by atoms with van der Waals surface area (Å²) in [6.45, 7) is 0. The number of fused-ring (bicyclic) bond motifs is 1. The van der Waals surface area contributed by atoms with Crippen molar-refractivity contribution in [3.05, 3.63) is 100 Å². The highest BCUT2D eigenvalue weighted by atomic mass is 79.9. The molecule has 0 bridgehead atoms. The lowest BCUT2D eigenvalue weighted by atomic mass is 9.90. The number of hydrogen-bond donors (Lipinski definition) is 1. The normalized spacial score (nSPS) is 12.0. The highest BCUT2D eigenvalue weighted by Crippen LogP contribution is 2.27. The predicted molar refractivity (Wildman–Crippen MR) is 113 cm³/mol. The van der Waals surface area contributed by atoms with Gasteiger partial charge >= 0.3 is 0 Å². The first-order valence-corrected chi connectivity index (χ1v) is 9.74. The Balaban J connectivity index is 1.72. The number of carbonyl (C=O) groups is 2. The minimum Gasteiger partial charge on any atom is -0.341 e. The average Bonchev–Trinajstić information content (AvgIpc) is 3.16. The Kier molecular flexibility index (Phi) is 5.17. The van der Waals surface area contributed by atoms with Crippen molar-refractivity contribution in [1.29, 1.82) is 0 Å². The number of aromatic amines is 1. The monoisotopic (exact) mass is 432 g/mol. The number of halogens is 1. The van der Waals surface area contributed by atoms with Gasteiger partial charge in [-0.1, -0.05) is 70.5 Å². The van der Waals surface area contributed by atoms with Gasteiger partial charge in [-0.15, -0.1) is 0 Å². The van der Waals surface area contributed by atoms with Gasteiger partial charge in [-0.3, -0.25) is 9.59 Å². The Hall–Kier alpha value is -3.05. The summed E-state index contributed by atoms with van der Waals surface area (Å²) in [4.78, 5) is 33.9. The number of imidazole rings is 1. The van der Waals surface area contributed by atoms with E-state index in [1.165, 1.54) is 0 Å². The molecule has 1 atom stereocenters.